The van der Waals surface area contributed by atoms with Gasteiger partial charge in [-0.05, 0) is 17.7 Å². The number of hydrogen-bond donors (Lipinski definition) is 2. The first-order valence-electron chi connectivity index (χ1n) is 5.93. The highest BCUT2D eigenvalue weighted by Crippen LogP contribution is 2.11. The van der Waals surface area contributed by atoms with Crippen LogP contribution in [0.25, 0.3) is 0 Å². The molecule has 0 bridgehead atoms. The maximum Gasteiger partial charge on any atom is 0.334 e. The highest BCUT2D eigenvalue weighted by Gasteiger charge is 2.18. The topological polar surface area (TPSA) is 78.9 Å². The third kappa shape index (κ3) is 5.18. The fourth-order valence-corrected chi connectivity index (χ4v) is 1.79. The number of carbonyl (C=O) groups excluding carboxylic acids is 1. The first kappa shape index (κ1) is 16.5. The van der Waals surface area contributed by atoms with Crippen molar-refractivity contribution in [1.82, 2.24) is 10.2 Å². The number of benzene rings is 1. The zero-order valence-electron chi connectivity index (χ0n) is 11.3. The molecule has 0 saturated heterocycles. The van der Waals surface area contributed by atoms with Gasteiger partial charge in [-0.15, -0.1) is 0 Å². The average molecular weight is 345 g/mol. The van der Waals surface area contributed by atoms with E-state index in [2.05, 4.69) is 21.2 Å². The van der Waals surface area contributed by atoms with Gasteiger partial charge in [0.15, 0.2) is 6.10 Å². The fraction of sp³-hybridized carbons (Fsp3) is 0.385. The normalized spacial score (nSPS) is 11.8. The second kappa shape index (κ2) is 7.86. The summed E-state index contributed by atoms with van der Waals surface area (Å²) in [5.41, 5.74) is 0.979. The number of urea groups is 1. The molecule has 1 rings (SSSR count). The maximum atomic E-state index is 11.8. The third-order valence-corrected chi connectivity index (χ3v) is 3.21. The number of ether oxygens (including phenoxy) is 1. The van der Waals surface area contributed by atoms with Gasteiger partial charge in [0.2, 0.25) is 0 Å². The summed E-state index contributed by atoms with van der Waals surface area (Å²) in [5.74, 6) is -1.11. The van der Waals surface area contributed by atoms with E-state index in [-0.39, 0.29) is 12.6 Å². The fourth-order valence-electron chi connectivity index (χ4n) is 1.52. The van der Waals surface area contributed by atoms with Crippen molar-refractivity contribution in [2.24, 2.45) is 0 Å². The van der Waals surface area contributed by atoms with E-state index in [4.69, 9.17) is 9.84 Å². The lowest BCUT2D eigenvalue weighted by Crippen LogP contribution is -2.43. The van der Waals surface area contributed by atoms with Gasteiger partial charge in [0.1, 0.15) is 0 Å². The zero-order valence-corrected chi connectivity index (χ0v) is 12.9. The van der Waals surface area contributed by atoms with E-state index >= 15 is 0 Å². The summed E-state index contributed by atoms with van der Waals surface area (Å²) in [4.78, 5) is 24.0. The Balaban J connectivity index is 2.46. The summed E-state index contributed by atoms with van der Waals surface area (Å²) in [6.07, 6.45) is -1.04. The van der Waals surface area contributed by atoms with Crippen LogP contribution >= 0.6 is 15.9 Å². The molecule has 0 aliphatic rings. The first-order valence-corrected chi connectivity index (χ1v) is 6.72. The van der Waals surface area contributed by atoms with Gasteiger partial charge in [0.05, 0.1) is 6.54 Å². The Morgan fingerprint density at radius 3 is 2.50 bits per heavy atom. The largest absolute Gasteiger partial charge is 0.479 e. The Kier molecular flexibility index (Phi) is 6.47. The molecule has 110 valence electrons. The van der Waals surface area contributed by atoms with Crippen LogP contribution in [0.3, 0.4) is 0 Å². The SMILES string of the molecule is COC(CNC(=O)N(C)Cc1ccc(Br)cc1)C(=O)O. The molecule has 0 saturated carbocycles. The molecule has 2 N–H and O–H groups in total. The van der Waals surface area contributed by atoms with Crippen molar-refractivity contribution in [3.05, 3.63) is 34.3 Å². The number of carbonyl (C=O) groups is 2. The molecule has 7 heteroatoms. The van der Waals surface area contributed by atoms with Gasteiger partial charge in [-0.1, -0.05) is 28.1 Å². The molecule has 1 atom stereocenters. The van der Waals surface area contributed by atoms with Crippen LogP contribution in [-0.4, -0.2) is 48.8 Å². The third-order valence-electron chi connectivity index (χ3n) is 2.68. The predicted molar refractivity (Wildman–Crippen MR) is 77.4 cm³/mol. The molecule has 0 fully saturated rings. The molecule has 20 heavy (non-hydrogen) atoms. The van der Waals surface area contributed by atoms with Crippen LogP contribution in [0.5, 0.6) is 0 Å². The lowest BCUT2D eigenvalue weighted by molar-refractivity contribution is -0.148. The van der Waals surface area contributed by atoms with Crippen molar-refractivity contribution in [1.29, 1.82) is 0 Å². The van der Waals surface area contributed by atoms with Crippen molar-refractivity contribution >= 4 is 27.9 Å². The molecule has 0 aliphatic heterocycles. The van der Waals surface area contributed by atoms with E-state index in [1.165, 1.54) is 12.0 Å². The van der Waals surface area contributed by atoms with Gasteiger partial charge in [-0.2, -0.15) is 0 Å². The lowest BCUT2D eigenvalue weighted by atomic mass is 10.2. The van der Waals surface area contributed by atoms with Gasteiger partial charge in [0.25, 0.3) is 0 Å². The van der Waals surface area contributed by atoms with E-state index in [1.54, 1.807) is 7.05 Å². The summed E-state index contributed by atoms with van der Waals surface area (Å²) >= 11 is 3.34. The van der Waals surface area contributed by atoms with Crippen molar-refractivity contribution in [2.75, 3.05) is 20.7 Å². The van der Waals surface area contributed by atoms with E-state index in [1.807, 2.05) is 24.3 Å². The Bertz CT molecular complexity index is 464. The minimum atomic E-state index is -1.11. The Hall–Kier alpha value is -1.60. The molecule has 0 aliphatic carbocycles. The number of carboxylic acids is 1. The smallest absolute Gasteiger partial charge is 0.334 e. The number of amides is 2. The van der Waals surface area contributed by atoms with Gasteiger partial charge < -0.3 is 20.1 Å². The van der Waals surface area contributed by atoms with Crippen LogP contribution in [0.2, 0.25) is 0 Å². The molecule has 6 nitrogen and oxygen atoms in total. The van der Waals surface area contributed by atoms with Crippen LogP contribution in [0.1, 0.15) is 5.56 Å². The van der Waals surface area contributed by atoms with E-state index < -0.39 is 12.1 Å². The average Bonchev–Trinajstić information content (AvgIpc) is 2.41. The number of nitrogens with zero attached hydrogens (tertiary/aromatic N) is 1. The summed E-state index contributed by atoms with van der Waals surface area (Å²) in [5, 5.41) is 11.3. The van der Waals surface area contributed by atoms with E-state index in [9.17, 15) is 9.59 Å². The Labute approximate surface area is 125 Å². The van der Waals surface area contributed by atoms with E-state index in [0.29, 0.717) is 6.54 Å². The second-order valence-electron chi connectivity index (χ2n) is 4.23. The second-order valence-corrected chi connectivity index (χ2v) is 5.15. The zero-order chi connectivity index (χ0) is 15.1. The quantitative estimate of drug-likeness (QED) is 0.822. The lowest BCUT2D eigenvalue weighted by Gasteiger charge is -2.19. The summed E-state index contributed by atoms with van der Waals surface area (Å²) in [6, 6.07) is 7.25. The van der Waals surface area contributed by atoms with Crippen molar-refractivity contribution in [3.63, 3.8) is 0 Å². The van der Waals surface area contributed by atoms with Crippen LogP contribution in [0, 0.1) is 0 Å². The van der Waals surface area contributed by atoms with Crippen molar-refractivity contribution in [3.8, 4) is 0 Å². The number of halogens is 1. The van der Waals surface area contributed by atoms with E-state index in [0.717, 1.165) is 10.0 Å². The van der Waals surface area contributed by atoms with Crippen LogP contribution in [-0.2, 0) is 16.1 Å². The molecule has 2 amide bonds. The standard InChI is InChI=1S/C13H17BrN2O4/c1-16(8-9-3-5-10(14)6-4-9)13(19)15-7-11(20-2)12(17)18/h3-6,11H,7-8H2,1-2H3,(H,15,19)(H,17,18). The Morgan fingerprint density at radius 1 is 1.40 bits per heavy atom. The molecule has 1 aromatic carbocycles. The highest BCUT2D eigenvalue weighted by molar-refractivity contribution is 9.10. The van der Waals surface area contributed by atoms with Crippen molar-refractivity contribution < 1.29 is 19.4 Å². The van der Waals surface area contributed by atoms with Crippen LogP contribution < -0.4 is 5.32 Å². The number of carboxylic acid groups (broad SMARTS) is 1. The number of hydrogen-bond acceptors (Lipinski definition) is 3. The Morgan fingerprint density at radius 2 is 2.00 bits per heavy atom. The minimum Gasteiger partial charge on any atom is -0.479 e. The molecular formula is C13H17BrN2O4. The molecule has 1 aromatic rings. The van der Waals surface area contributed by atoms with Gasteiger partial charge in [-0.25, -0.2) is 9.59 Å². The summed E-state index contributed by atoms with van der Waals surface area (Å²) in [6.45, 7) is 0.360. The van der Waals surface area contributed by atoms with Gasteiger partial charge >= 0.3 is 12.0 Å². The van der Waals surface area contributed by atoms with Crippen molar-refractivity contribution in [2.45, 2.75) is 12.6 Å². The molecule has 0 spiro atoms. The molecule has 0 heterocycles. The molecule has 1 unspecified atom stereocenters. The highest BCUT2D eigenvalue weighted by atomic mass is 79.9. The summed E-state index contributed by atoms with van der Waals surface area (Å²) in [7, 11) is 2.93. The number of rotatable bonds is 6. The maximum absolute atomic E-state index is 11.8. The number of nitrogens with one attached hydrogen (secondary N) is 1. The number of methoxy groups -OCH3 is 1. The predicted octanol–water partition coefficient (Wildman–Crippen LogP) is 1.69. The molecular weight excluding hydrogens is 328 g/mol. The van der Waals surface area contributed by atoms with Gasteiger partial charge in [0, 0.05) is 25.2 Å². The molecule has 0 radical (unpaired) electrons. The van der Waals surface area contributed by atoms with Crippen LogP contribution in [0.15, 0.2) is 28.7 Å². The van der Waals surface area contributed by atoms with Gasteiger partial charge in [-0.3, -0.25) is 0 Å². The first-order chi connectivity index (χ1) is 9.43. The number of aliphatic carboxylic acids is 1. The van der Waals surface area contributed by atoms with Crippen LogP contribution in [0.4, 0.5) is 4.79 Å². The molecule has 0 aromatic heterocycles. The monoisotopic (exact) mass is 344 g/mol. The summed E-state index contributed by atoms with van der Waals surface area (Å²) < 4.78 is 5.71. The minimum absolute atomic E-state index is 0.0741.